The van der Waals surface area contributed by atoms with Crippen LogP contribution in [0, 0.1) is 0 Å². The van der Waals surface area contributed by atoms with Crippen molar-refractivity contribution < 1.29 is 4.79 Å². The maximum Gasteiger partial charge on any atom is 0.258 e. The van der Waals surface area contributed by atoms with E-state index in [1.165, 1.54) is 11.9 Å². The Kier molecular flexibility index (Phi) is 3.34. The molecule has 0 unspecified atom stereocenters. The molecular formula is C17H15N5O. The van der Waals surface area contributed by atoms with Gasteiger partial charge in [0.1, 0.15) is 6.33 Å². The number of amides is 1. The number of hydrogen-bond acceptors (Lipinski definition) is 4. The van der Waals surface area contributed by atoms with Crippen molar-refractivity contribution in [3.63, 3.8) is 0 Å². The van der Waals surface area contributed by atoms with Crippen molar-refractivity contribution >= 4 is 11.6 Å². The highest BCUT2D eigenvalue weighted by molar-refractivity contribution is 6.06. The van der Waals surface area contributed by atoms with Gasteiger partial charge in [-0.1, -0.05) is 18.2 Å². The Morgan fingerprint density at radius 2 is 1.87 bits per heavy atom. The van der Waals surface area contributed by atoms with Gasteiger partial charge < -0.3 is 4.90 Å². The molecule has 6 heteroatoms. The quantitative estimate of drug-likeness (QED) is 0.728. The minimum Gasteiger partial charge on any atom is -0.308 e. The molecule has 0 N–H and O–H groups in total. The zero-order valence-electron chi connectivity index (χ0n) is 12.5. The van der Waals surface area contributed by atoms with Crippen LogP contribution in [0.1, 0.15) is 22.3 Å². The first-order valence-electron chi connectivity index (χ1n) is 7.56. The molecule has 114 valence electrons. The number of benzene rings is 2. The molecule has 0 atom stereocenters. The average Bonchev–Trinajstić information content (AvgIpc) is 3.15. The lowest BCUT2D eigenvalue weighted by Gasteiger charge is -2.29. The zero-order valence-corrected chi connectivity index (χ0v) is 12.5. The number of aryl methyl sites for hydroxylation is 1. The predicted octanol–water partition coefficient (Wildman–Crippen LogP) is 2.26. The van der Waals surface area contributed by atoms with Gasteiger partial charge in [-0.3, -0.25) is 4.79 Å². The molecular weight excluding hydrogens is 290 g/mol. The van der Waals surface area contributed by atoms with Crippen molar-refractivity contribution in [1.82, 2.24) is 20.2 Å². The Morgan fingerprint density at radius 3 is 2.65 bits per heavy atom. The van der Waals surface area contributed by atoms with Gasteiger partial charge in [-0.25, -0.2) is 4.68 Å². The van der Waals surface area contributed by atoms with Crippen molar-refractivity contribution in [2.24, 2.45) is 0 Å². The second-order valence-electron chi connectivity index (χ2n) is 5.49. The van der Waals surface area contributed by atoms with Gasteiger partial charge in [-0.2, -0.15) is 0 Å². The summed E-state index contributed by atoms with van der Waals surface area (Å²) in [7, 11) is 0. The average molecular weight is 305 g/mol. The van der Waals surface area contributed by atoms with Crippen LogP contribution in [0.15, 0.2) is 54.9 Å². The second-order valence-corrected chi connectivity index (χ2v) is 5.49. The highest BCUT2D eigenvalue weighted by atomic mass is 16.2. The summed E-state index contributed by atoms with van der Waals surface area (Å²) in [6, 6.07) is 15.4. The first-order valence-corrected chi connectivity index (χ1v) is 7.56. The van der Waals surface area contributed by atoms with E-state index in [1.807, 2.05) is 47.4 Å². The summed E-state index contributed by atoms with van der Waals surface area (Å²) >= 11 is 0. The van der Waals surface area contributed by atoms with Gasteiger partial charge in [0.2, 0.25) is 0 Å². The van der Waals surface area contributed by atoms with Crippen LogP contribution in [0.2, 0.25) is 0 Å². The number of hydrogen-bond donors (Lipinski definition) is 0. The van der Waals surface area contributed by atoms with E-state index in [-0.39, 0.29) is 5.91 Å². The molecule has 0 aliphatic carbocycles. The van der Waals surface area contributed by atoms with Crippen molar-refractivity contribution in [2.45, 2.75) is 12.8 Å². The van der Waals surface area contributed by atoms with Crippen molar-refractivity contribution in [2.75, 3.05) is 11.4 Å². The largest absolute Gasteiger partial charge is 0.308 e. The first-order chi connectivity index (χ1) is 11.3. The number of anilines is 1. The Hall–Kier alpha value is -3.02. The maximum absolute atomic E-state index is 12.8. The Bertz CT molecular complexity index is 826. The van der Waals surface area contributed by atoms with Crippen LogP contribution in [-0.2, 0) is 6.42 Å². The number of tetrazole rings is 1. The van der Waals surface area contributed by atoms with Crippen LogP contribution in [0.4, 0.5) is 5.69 Å². The molecule has 0 saturated heterocycles. The van der Waals surface area contributed by atoms with E-state index < -0.39 is 0 Å². The number of carbonyl (C=O) groups is 1. The fraction of sp³-hybridized carbons (Fsp3) is 0.176. The van der Waals surface area contributed by atoms with E-state index in [1.54, 1.807) is 4.68 Å². The third-order valence-corrected chi connectivity index (χ3v) is 4.08. The number of aromatic nitrogens is 4. The predicted molar refractivity (Wildman–Crippen MR) is 85.6 cm³/mol. The number of nitrogens with zero attached hydrogens (tertiary/aromatic N) is 5. The van der Waals surface area contributed by atoms with Gasteiger partial charge in [0.05, 0.1) is 5.69 Å². The molecule has 3 aromatic rings. The fourth-order valence-electron chi connectivity index (χ4n) is 2.94. The van der Waals surface area contributed by atoms with Crippen molar-refractivity contribution in [3.8, 4) is 5.69 Å². The van der Waals surface area contributed by atoms with Gasteiger partial charge in [0.25, 0.3) is 5.91 Å². The lowest BCUT2D eigenvalue weighted by atomic mass is 10.0. The molecule has 0 fully saturated rings. The minimum absolute atomic E-state index is 0.0282. The van der Waals surface area contributed by atoms with E-state index in [0.717, 1.165) is 30.8 Å². The maximum atomic E-state index is 12.8. The van der Waals surface area contributed by atoms with Crippen molar-refractivity contribution in [3.05, 3.63) is 66.0 Å². The Morgan fingerprint density at radius 1 is 1.04 bits per heavy atom. The Labute approximate surface area is 133 Å². The van der Waals surface area contributed by atoms with E-state index in [4.69, 9.17) is 0 Å². The smallest absolute Gasteiger partial charge is 0.258 e. The van der Waals surface area contributed by atoms with Gasteiger partial charge in [0.15, 0.2) is 0 Å². The molecule has 0 bridgehead atoms. The summed E-state index contributed by atoms with van der Waals surface area (Å²) in [4.78, 5) is 14.7. The molecule has 6 nitrogen and oxygen atoms in total. The van der Waals surface area contributed by atoms with Crippen LogP contribution in [-0.4, -0.2) is 32.7 Å². The normalized spacial score (nSPS) is 13.7. The second kappa shape index (κ2) is 5.64. The summed E-state index contributed by atoms with van der Waals surface area (Å²) in [5.41, 5.74) is 3.75. The molecule has 1 aromatic heterocycles. The third kappa shape index (κ3) is 2.48. The van der Waals surface area contributed by atoms with Crippen LogP contribution in [0.3, 0.4) is 0 Å². The molecule has 0 saturated carbocycles. The van der Waals surface area contributed by atoms with Gasteiger partial charge >= 0.3 is 0 Å². The standard InChI is InChI=1S/C17H15N5O/c23-17(21-11-3-5-13-4-1-2-6-16(13)21)14-7-9-15(10-8-14)22-12-18-19-20-22/h1-2,4,6-10,12H,3,5,11H2. The minimum atomic E-state index is 0.0282. The summed E-state index contributed by atoms with van der Waals surface area (Å²) in [6.07, 6.45) is 3.54. The van der Waals surface area contributed by atoms with E-state index in [2.05, 4.69) is 21.6 Å². The lowest BCUT2D eigenvalue weighted by Crippen LogP contribution is -2.35. The number of para-hydroxylation sites is 1. The number of rotatable bonds is 2. The van der Waals surface area contributed by atoms with E-state index in [0.29, 0.717) is 5.56 Å². The first kappa shape index (κ1) is 13.6. The molecule has 1 aliphatic heterocycles. The van der Waals surface area contributed by atoms with E-state index >= 15 is 0 Å². The molecule has 4 rings (SSSR count). The zero-order chi connectivity index (χ0) is 15.6. The SMILES string of the molecule is O=C(c1ccc(-n2cnnn2)cc1)N1CCCc2ccccc21. The van der Waals surface area contributed by atoms with Crippen LogP contribution >= 0.6 is 0 Å². The molecule has 1 aliphatic rings. The highest BCUT2D eigenvalue weighted by Gasteiger charge is 2.23. The number of fused-ring (bicyclic) bond motifs is 1. The van der Waals surface area contributed by atoms with E-state index in [9.17, 15) is 4.79 Å². The molecule has 0 radical (unpaired) electrons. The fourth-order valence-corrected chi connectivity index (χ4v) is 2.94. The molecule has 2 heterocycles. The van der Waals surface area contributed by atoms with Gasteiger partial charge in [-0.05, 0) is 59.2 Å². The molecule has 23 heavy (non-hydrogen) atoms. The summed E-state index contributed by atoms with van der Waals surface area (Å²) < 4.78 is 1.56. The summed E-state index contributed by atoms with van der Waals surface area (Å²) in [6.45, 7) is 0.755. The Balaban J connectivity index is 1.63. The van der Waals surface area contributed by atoms with Crippen LogP contribution in [0.25, 0.3) is 5.69 Å². The summed E-state index contributed by atoms with van der Waals surface area (Å²) in [5.74, 6) is 0.0282. The number of carbonyl (C=O) groups excluding carboxylic acids is 1. The van der Waals surface area contributed by atoms with Gasteiger partial charge in [0, 0.05) is 17.8 Å². The molecule has 2 aromatic carbocycles. The van der Waals surface area contributed by atoms with Crippen LogP contribution in [0.5, 0.6) is 0 Å². The van der Waals surface area contributed by atoms with Crippen LogP contribution < -0.4 is 4.90 Å². The topological polar surface area (TPSA) is 63.9 Å². The lowest BCUT2D eigenvalue weighted by molar-refractivity contribution is 0.0985. The highest BCUT2D eigenvalue weighted by Crippen LogP contribution is 2.28. The summed E-state index contributed by atoms with van der Waals surface area (Å²) in [5, 5.41) is 11.1. The van der Waals surface area contributed by atoms with Crippen molar-refractivity contribution in [1.29, 1.82) is 0 Å². The monoisotopic (exact) mass is 305 g/mol. The third-order valence-electron chi connectivity index (χ3n) is 4.08. The molecule has 1 amide bonds. The van der Waals surface area contributed by atoms with Gasteiger partial charge in [-0.15, -0.1) is 5.10 Å². The molecule has 0 spiro atoms.